The van der Waals surface area contributed by atoms with Gasteiger partial charge in [0.25, 0.3) is 11.5 Å². The van der Waals surface area contributed by atoms with Crippen LogP contribution in [-0.2, 0) is 13.0 Å². The zero-order valence-corrected chi connectivity index (χ0v) is 14.3. The summed E-state index contributed by atoms with van der Waals surface area (Å²) in [6.45, 7) is -0.768. The number of aromatic nitrogens is 1. The molecule has 0 saturated heterocycles. The average Bonchev–Trinajstić information content (AvgIpc) is 3.40. The number of carbonyl (C=O) groups is 1. The first-order chi connectivity index (χ1) is 13.1. The summed E-state index contributed by atoms with van der Waals surface area (Å²) in [6.07, 6.45) is 6.22. The van der Waals surface area contributed by atoms with E-state index >= 15 is 0 Å². The summed E-state index contributed by atoms with van der Waals surface area (Å²) in [7, 11) is 0. The fourth-order valence-corrected chi connectivity index (χ4v) is 3.50. The summed E-state index contributed by atoms with van der Waals surface area (Å²) in [5.74, 6) is 0.677. The first-order valence-electron chi connectivity index (χ1n) is 8.46. The number of fused-ring (bicyclic) bond motifs is 1. The lowest BCUT2D eigenvalue weighted by Gasteiger charge is -2.10. The highest BCUT2D eigenvalue weighted by Gasteiger charge is 2.46. The van der Waals surface area contributed by atoms with E-state index in [2.05, 4.69) is 0 Å². The molecule has 4 rings (SSSR count). The van der Waals surface area contributed by atoms with Gasteiger partial charge in [0.2, 0.25) is 12.2 Å². The lowest BCUT2D eigenvalue weighted by Crippen LogP contribution is -2.41. The van der Waals surface area contributed by atoms with Gasteiger partial charge in [-0.2, -0.15) is 4.57 Å². The number of Topliss-reactive ketones (excluding diaryl/α,β-unsaturated/α-hetero) is 1. The highest BCUT2D eigenvalue weighted by atomic mass is 16.3. The van der Waals surface area contributed by atoms with Gasteiger partial charge < -0.3 is 24.2 Å². The number of pyridine rings is 1. The third kappa shape index (κ3) is 2.87. The molecule has 0 bridgehead atoms. The van der Waals surface area contributed by atoms with E-state index < -0.39 is 12.6 Å². The van der Waals surface area contributed by atoms with Crippen LogP contribution in [0.1, 0.15) is 39.2 Å². The van der Waals surface area contributed by atoms with Gasteiger partial charge in [0.15, 0.2) is 5.75 Å². The predicted octanol–water partition coefficient (Wildman–Crippen LogP) is 1.76. The number of furan rings is 2. The number of carbonyl (C=O) groups excluding carboxylic acids is 1. The molecule has 1 aliphatic heterocycles. The van der Waals surface area contributed by atoms with E-state index in [9.17, 15) is 20.1 Å². The molecule has 0 fully saturated rings. The molecular weight excluding hydrogens is 350 g/mol. The van der Waals surface area contributed by atoms with Crippen LogP contribution in [0.4, 0.5) is 0 Å². The molecule has 0 spiro atoms. The molecule has 0 radical (unpaired) electrons. The Bertz CT molecular complexity index is 1000. The van der Waals surface area contributed by atoms with Crippen LogP contribution in [0.5, 0.6) is 5.75 Å². The number of ketones is 1. The molecule has 0 amide bonds. The minimum atomic E-state index is -0.675. The van der Waals surface area contributed by atoms with Gasteiger partial charge in [-0.15, -0.1) is 0 Å². The summed E-state index contributed by atoms with van der Waals surface area (Å²) in [6, 6.07) is 6.21. The first kappa shape index (κ1) is 17.3. The van der Waals surface area contributed by atoms with Crippen LogP contribution in [-0.4, -0.2) is 27.7 Å². The molecule has 7 nitrogen and oxygen atoms in total. The number of hydrogen-bond donors (Lipinski definition) is 3. The van der Waals surface area contributed by atoms with Crippen molar-refractivity contribution in [2.45, 2.75) is 19.1 Å². The smallest absolute Gasteiger partial charge is 0.260 e. The fourth-order valence-electron chi connectivity index (χ4n) is 3.50. The third-order valence-corrected chi connectivity index (χ3v) is 4.75. The van der Waals surface area contributed by atoms with Gasteiger partial charge in [0.1, 0.15) is 18.1 Å². The van der Waals surface area contributed by atoms with Crippen molar-refractivity contribution in [1.29, 1.82) is 0 Å². The normalized spacial score (nSPS) is 17.6. The summed E-state index contributed by atoms with van der Waals surface area (Å²) >= 11 is 0. The lowest BCUT2D eigenvalue weighted by molar-refractivity contribution is -0.711. The van der Waals surface area contributed by atoms with Gasteiger partial charge in [0, 0.05) is 12.0 Å². The largest absolute Gasteiger partial charge is 0.502 e. The predicted molar refractivity (Wildman–Crippen MR) is 92.9 cm³/mol. The Balaban J connectivity index is 1.86. The molecule has 27 heavy (non-hydrogen) atoms. The van der Waals surface area contributed by atoms with Crippen LogP contribution in [0.2, 0.25) is 0 Å². The monoisotopic (exact) mass is 368 g/mol. The average molecular weight is 368 g/mol. The molecule has 7 heteroatoms. The van der Waals surface area contributed by atoms with Crippen molar-refractivity contribution in [1.82, 2.24) is 0 Å². The maximum absolute atomic E-state index is 13.1. The second kappa shape index (κ2) is 6.86. The van der Waals surface area contributed by atoms with Gasteiger partial charge in [-0.1, -0.05) is 0 Å². The summed E-state index contributed by atoms with van der Waals surface area (Å²) in [5, 5.41) is 30.3. The molecule has 0 aliphatic carbocycles. The van der Waals surface area contributed by atoms with E-state index in [0.29, 0.717) is 28.2 Å². The molecule has 1 aliphatic rings. The van der Waals surface area contributed by atoms with Crippen molar-refractivity contribution in [2.24, 2.45) is 0 Å². The topological polar surface area (TPSA) is 108 Å². The fraction of sp³-hybridized carbons (Fsp3) is 0.200. The van der Waals surface area contributed by atoms with Crippen LogP contribution in [0.3, 0.4) is 0 Å². The van der Waals surface area contributed by atoms with Gasteiger partial charge >= 0.3 is 0 Å². The molecule has 4 heterocycles. The van der Waals surface area contributed by atoms with Gasteiger partial charge in [0.05, 0.1) is 30.3 Å². The van der Waals surface area contributed by atoms with E-state index in [1.807, 2.05) is 0 Å². The standard InChI is InChI=1S/C20H17NO6/c22-10-16-14(7-12-3-1-5-26-12)18(24)9-21-17(11-23)15(20(25)19(16)21)8-13-4-2-6-27-13/h1-6,8-9,17,22-23H,7,10-11H2/p+1/b15-8-. The quantitative estimate of drug-likeness (QED) is 0.468. The minimum absolute atomic E-state index is 0.0790. The Morgan fingerprint density at radius 1 is 1.11 bits per heavy atom. The van der Waals surface area contributed by atoms with Crippen LogP contribution < -0.4 is 4.57 Å². The molecular formula is C20H18NO6+. The van der Waals surface area contributed by atoms with Crippen molar-refractivity contribution in [2.75, 3.05) is 6.61 Å². The zero-order chi connectivity index (χ0) is 19.0. The number of hydrogen-bond acceptors (Lipinski definition) is 6. The van der Waals surface area contributed by atoms with Crippen molar-refractivity contribution in [3.05, 3.63) is 76.9 Å². The number of aliphatic hydroxyl groups excluding tert-OH is 2. The number of aliphatic hydroxyl groups is 2. The van der Waals surface area contributed by atoms with Crippen LogP contribution in [0.15, 0.2) is 57.4 Å². The number of rotatable bonds is 5. The Hall–Kier alpha value is -3.16. The molecule has 1 atom stereocenters. The molecule has 3 aromatic heterocycles. The Morgan fingerprint density at radius 3 is 2.52 bits per heavy atom. The van der Waals surface area contributed by atoms with Crippen LogP contribution in [0, 0.1) is 0 Å². The molecule has 1 unspecified atom stereocenters. The first-order valence-corrected chi connectivity index (χ1v) is 8.46. The van der Waals surface area contributed by atoms with Crippen LogP contribution >= 0.6 is 0 Å². The molecule has 3 aromatic rings. The third-order valence-electron chi connectivity index (χ3n) is 4.75. The van der Waals surface area contributed by atoms with Gasteiger partial charge in [-0.3, -0.25) is 4.79 Å². The lowest BCUT2D eigenvalue weighted by atomic mass is 9.98. The van der Waals surface area contributed by atoms with E-state index in [4.69, 9.17) is 8.83 Å². The van der Waals surface area contributed by atoms with Crippen molar-refractivity contribution in [3.8, 4) is 5.75 Å². The highest BCUT2D eigenvalue weighted by molar-refractivity contribution is 6.12. The minimum Gasteiger partial charge on any atom is -0.502 e. The van der Waals surface area contributed by atoms with Crippen molar-refractivity contribution < 1.29 is 33.5 Å². The number of nitrogens with zero attached hydrogens (tertiary/aromatic N) is 1. The van der Waals surface area contributed by atoms with Gasteiger partial charge in [-0.05, 0) is 30.3 Å². The summed E-state index contributed by atoms with van der Waals surface area (Å²) in [5.41, 5.74) is 1.31. The molecule has 3 N–H and O–H groups in total. The Labute approximate surface area is 154 Å². The highest BCUT2D eigenvalue weighted by Crippen LogP contribution is 2.33. The van der Waals surface area contributed by atoms with Gasteiger partial charge in [-0.25, -0.2) is 0 Å². The zero-order valence-electron chi connectivity index (χ0n) is 14.3. The summed E-state index contributed by atoms with van der Waals surface area (Å²) in [4.78, 5) is 13.1. The molecule has 0 saturated carbocycles. The number of aromatic hydroxyl groups is 1. The second-order valence-corrected chi connectivity index (χ2v) is 6.28. The maximum Gasteiger partial charge on any atom is 0.260 e. The Morgan fingerprint density at radius 2 is 1.89 bits per heavy atom. The van der Waals surface area contributed by atoms with Crippen LogP contribution in [0.25, 0.3) is 6.08 Å². The molecule has 138 valence electrons. The van der Waals surface area contributed by atoms with E-state index in [1.165, 1.54) is 23.3 Å². The van der Waals surface area contributed by atoms with E-state index in [0.717, 1.165) is 0 Å². The maximum atomic E-state index is 13.1. The second-order valence-electron chi connectivity index (χ2n) is 6.28. The van der Waals surface area contributed by atoms with Crippen molar-refractivity contribution >= 4 is 11.9 Å². The van der Waals surface area contributed by atoms with Crippen molar-refractivity contribution in [3.63, 3.8) is 0 Å². The SMILES string of the molecule is O=C1/C(=C\c2ccco2)C(CO)[n+]2cc(O)c(Cc3ccco3)c(CO)c21. The van der Waals surface area contributed by atoms with E-state index in [1.54, 1.807) is 30.3 Å². The Kier molecular flexibility index (Phi) is 4.39. The summed E-state index contributed by atoms with van der Waals surface area (Å²) < 4.78 is 12.1. The van der Waals surface area contributed by atoms with E-state index in [-0.39, 0.29) is 30.3 Å². The molecule has 0 aromatic carbocycles.